The van der Waals surface area contributed by atoms with Crippen LogP contribution in [0.2, 0.25) is 0 Å². The quantitative estimate of drug-likeness (QED) is 0.165. The highest BCUT2D eigenvalue weighted by molar-refractivity contribution is 7.25. The second-order valence-electron chi connectivity index (χ2n) is 15.4. The lowest BCUT2D eigenvalue weighted by Crippen LogP contribution is -2.13. The third-order valence-electron chi connectivity index (χ3n) is 12.1. The Hall–Kier alpha value is -7.07. The number of rotatable bonds is 6. The number of aliphatic imine (C=N–C) groups is 1. The number of hydrogen-bond donors (Lipinski definition) is 0. The van der Waals surface area contributed by atoms with Crippen molar-refractivity contribution in [2.45, 2.75) is 12.8 Å². The molecule has 9 aromatic carbocycles. The first-order chi connectivity index (χ1) is 28.8. The van der Waals surface area contributed by atoms with E-state index in [2.05, 4.69) is 199 Å². The summed E-state index contributed by atoms with van der Waals surface area (Å²) >= 11 is 1.87. The molecule has 0 atom stereocenters. The minimum atomic E-state index is 0.808. The van der Waals surface area contributed by atoms with Crippen LogP contribution in [0, 0.1) is 0 Å². The van der Waals surface area contributed by atoms with E-state index in [4.69, 9.17) is 4.99 Å². The van der Waals surface area contributed by atoms with Crippen LogP contribution in [0.4, 0.5) is 22.7 Å². The Kier molecular flexibility index (Phi) is 7.57. The second kappa shape index (κ2) is 13.3. The van der Waals surface area contributed by atoms with E-state index in [9.17, 15) is 0 Å². The summed E-state index contributed by atoms with van der Waals surface area (Å²) in [6, 6.07) is 71.3. The molecule has 0 radical (unpaired) electrons. The average molecular weight is 757 g/mol. The maximum atomic E-state index is 5.52. The number of thiophene rings is 1. The predicted molar refractivity (Wildman–Crippen MR) is 247 cm³/mol. The third-order valence-corrected chi connectivity index (χ3v) is 13.3. The zero-order chi connectivity index (χ0) is 38.2. The summed E-state index contributed by atoms with van der Waals surface area (Å²) in [5.41, 5.74) is 18.2. The smallest absolute Gasteiger partial charge is 0.0748 e. The summed E-state index contributed by atoms with van der Waals surface area (Å²) in [6.45, 7) is 0. The van der Waals surface area contributed by atoms with E-state index in [1.807, 2.05) is 11.3 Å². The molecule has 10 aromatic rings. The summed E-state index contributed by atoms with van der Waals surface area (Å²) in [4.78, 5) is 8.05. The first-order valence-corrected chi connectivity index (χ1v) is 20.9. The van der Waals surface area contributed by atoms with Gasteiger partial charge in [0.1, 0.15) is 0 Å². The van der Waals surface area contributed by atoms with Crippen molar-refractivity contribution in [3.05, 3.63) is 216 Å². The number of anilines is 3. The van der Waals surface area contributed by atoms with E-state index in [1.165, 1.54) is 92.3 Å². The first-order valence-electron chi connectivity index (χ1n) is 20.0. The van der Waals surface area contributed by atoms with Gasteiger partial charge in [-0.2, -0.15) is 0 Å². The van der Waals surface area contributed by atoms with Gasteiger partial charge in [0.25, 0.3) is 0 Å². The first kappa shape index (κ1) is 33.1. The van der Waals surface area contributed by atoms with Crippen LogP contribution in [0.25, 0.3) is 64.3 Å². The zero-order valence-corrected chi connectivity index (χ0v) is 32.5. The second-order valence-corrected chi connectivity index (χ2v) is 16.5. The Morgan fingerprint density at radius 3 is 1.86 bits per heavy atom. The number of benzene rings is 9. The van der Waals surface area contributed by atoms with E-state index in [-0.39, 0.29) is 0 Å². The molecular formula is C55H36N2S. The lowest BCUT2D eigenvalue weighted by atomic mass is 9.86. The molecule has 58 heavy (non-hydrogen) atoms. The Labute approximate surface area is 341 Å². The van der Waals surface area contributed by atoms with Gasteiger partial charge >= 0.3 is 0 Å². The van der Waals surface area contributed by atoms with Crippen molar-refractivity contribution in [3.8, 4) is 33.4 Å². The van der Waals surface area contributed by atoms with Crippen molar-refractivity contribution in [3.63, 3.8) is 0 Å². The summed E-state index contributed by atoms with van der Waals surface area (Å²) in [7, 11) is 0. The van der Waals surface area contributed by atoms with E-state index < -0.39 is 0 Å². The lowest BCUT2D eigenvalue weighted by molar-refractivity contribution is 1.27. The fourth-order valence-electron chi connectivity index (χ4n) is 9.49. The Morgan fingerprint density at radius 1 is 0.414 bits per heavy atom. The molecule has 272 valence electrons. The van der Waals surface area contributed by atoms with Crippen molar-refractivity contribution >= 4 is 70.7 Å². The van der Waals surface area contributed by atoms with Gasteiger partial charge in [-0.05, 0) is 86.6 Å². The highest BCUT2D eigenvalue weighted by atomic mass is 32.1. The highest BCUT2D eigenvalue weighted by Crippen LogP contribution is 2.57. The minimum Gasteiger partial charge on any atom is -0.309 e. The predicted octanol–water partition coefficient (Wildman–Crippen LogP) is 15.3. The third kappa shape index (κ3) is 5.21. The van der Waals surface area contributed by atoms with Crippen molar-refractivity contribution in [1.82, 2.24) is 0 Å². The summed E-state index contributed by atoms with van der Waals surface area (Å²) in [6.07, 6.45) is 1.70. The van der Waals surface area contributed by atoms with Gasteiger partial charge in [0.05, 0.1) is 17.1 Å². The SMILES string of the molecule is c1ccc(C2=Nc3c(cccc3-c3c4c(c5ccccc5c3N(c3ccc(-c5ccccc5)cc3)c3ccc5c(c3)sc3ccccc35)Cc3ccccc3-4)C2)cc1. The molecular weight excluding hydrogens is 721 g/mol. The Bertz CT molecular complexity index is 3270. The molecule has 2 aliphatic rings. The lowest BCUT2D eigenvalue weighted by Gasteiger charge is -2.32. The zero-order valence-electron chi connectivity index (χ0n) is 31.7. The molecule has 3 heteroatoms. The van der Waals surface area contributed by atoms with Crippen LogP contribution in [0.1, 0.15) is 22.3 Å². The molecule has 0 saturated carbocycles. The molecule has 0 fully saturated rings. The highest BCUT2D eigenvalue weighted by Gasteiger charge is 2.33. The van der Waals surface area contributed by atoms with Crippen LogP contribution in [-0.4, -0.2) is 5.71 Å². The molecule has 0 unspecified atom stereocenters. The van der Waals surface area contributed by atoms with Gasteiger partial charge in [0.15, 0.2) is 0 Å². The monoisotopic (exact) mass is 756 g/mol. The van der Waals surface area contributed by atoms with Crippen molar-refractivity contribution in [1.29, 1.82) is 0 Å². The molecule has 0 saturated heterocycles. The average Bonchev–Trinajstić information content (AvgIpc) is 4.01. The Morgan fingerprint density at radius 2 is 1.03 bits per heavy atom. The van der Waals surface area contributed by atoms with Crippen LogP contribution in [0.3, 0.4) is 0 Å². The molecule has 1 aliphatic heterocycles. The molecule has 0 amide bonds. The summed E-state index contributed by atoms with van der Waals surface area (Å²) < 4.78 is 2.58. The van der Waals surface area contributed by atoms with Gasteiger partial charge < -0.3 is 4.90 Å². The number of fused-ring (bicyclic) bond motifs is 9. The van der Waals surface area contributed by atoms with E-state index in [0.717, 1.165) is 35.6 Å². The molecule has 12 rings (SSSR count). The molecule has 2 nitrogen and oxygen atoms in total. The fourth-order valence-corrected chi connectivity index (χ4v) is 10.6. The van der Waals surface area contributed by atoms with E-state index in [0.29, 0.717) is 0 Å². The van der Waals surface area contributed by atoms with Crippen molar-refractivity contribution in [2.24, 2.45) is 4.99 Å². The van der Waals surface area contributed by atoms with Gasteiger partial charge in [-0.25, -0.2) is 0 Å². The molecule has 0 spiro atoms. The van der Waals surface area contributed by atoms with Crippen molar-refractivity contribution in [2.75, 3.05) is 4.90 Å². The molecule has 2 heterocycles. The van der Waals surface area contributed by atoms with Crippen molar-refractivity contribution < 1.29 is 0 Å². The minimum absolute atomic E-state index is 0.808. The summed E-state index contributed by atoms with van der Waals surface area (Å²) in [5, 5.41) is 5.12. The van der Waals surface area contributed by atoms with Gasteiger partial charge in [0, 0.05) is 54.5 Å². The molecule has 0 N–H and O–H groups in total. The standard InChI is InChI=1S/C55H36N2S/c1-3-14-35(15-4-1)36-26-28-40(29-27-36)57(41-30-31-45-44-22-11-12-25-50(44)58-51(45)34-41)55-46-23-10-9-21-43(46)48-32-38-18-7-8-20-42(38)52(48)53(55)47-24-13-19-39-33-49(56-54(39)47)37-16-5-2-6-17-37/h1-31,34H,32-33H2. The van der Waals surface area contributed by atoms with Crippen LogP contribution in [0.15, 0.2) is 199 Å². The fraction of sp³-hybridized carbons (Fsp3) is 0.0364. The molecule has 1 aromatic heterocycles. The van der Waals surface area contributed by atoms with Crippen LogP contribution < -0.4 is 4.90 Å². The number of nitrogens with zero attached hydrogens (tertiary/aromatic N) is 2. The molecule has 1 aliphatic carbocycles. The summed E-state index contributed by atoms with van der Waals surface area (Å²) in [5.74, 6) is 0. The van der Waals surface area contributed by atoms with E-state index >= 15 is 0 Å². The van der Waals surface area contributed by atoms with Crippen LogP contribution in [-0.2, 0) is 12.8 Å². The number of para-hydroxylation sites is 1. The number of hydrogen-bond acceptors (Lipinski definition) is 3. The van der Waals surface area contributed by atoms with Gasteiger partial charge in [-0.1, -0.05) is 164 Å². The van der Waals surface area contributed by atoms with Gasteiger partial charge in [0.2, 0.25) is 0 Å². The Balaban J connectivity index is 1.19. The van der Waals surface area contributed by atoms with Gasteiger partial charge in [-0.15, -0.1) is 11.3 Å². The molecule has 0 bridgehead atoms. The van der Waals surface area contributed by atoms with Crippen LogP contribution >= 0.6 is 11.3 Å². The topological polar surface area (TPSA) is 15.6 Å². The normalized spacial score (nSPS) is 12.8. The van der Waals surface area contributed by atoms with Gasteiger partial charge in [-0.3, -0.25) is 4.99 Å². The van der Waals surface area contributed by atoms with E-state index in [1.54, 1.807) is 0 Å². The largest absolute Gasteiger partial charge is 0.309 e. The van der Waals surface area contributed by atoms with Crippen LogP contribution in [0.5, 0.6) is 0 Å². The maximum Gasteiger partial charge on any atom is 0.0748 e. The maximum absolute atomic E-state index is 5.52.